The molecule has 3 nitrogen and oxygen atoms in total. The molecule has 1 atom stereocenters. The fourth-order valence-electron chi connectivity index (χ4n) is 1.87. The number of hydrogen-bond acceptors (Lipinski definition) is 3. The Bertz CT molecular complexity index is 626. The number of ether oxygens (including phenoxy) is 1. The number of carbonyl (C=O) groups is 1. The van der Waals surface area contributed by atoms with E-state index in [-0.39, 0.29) is 5.82 Å². The number of hydrogen-bond donors (Lipinski definition) is 1. The third-order valence-corrected chi connectivity index (χ3v) is 3.54. The SMILES string of the molecule is COC(=O)C(Nc1ccc(F)cc1)c1c(Cl)cccc1Cl. The molecule has 0 aliphatic heterocycles. The van der Waals surface area contributed by atoms with Crippen molar-refractivity contribution in [2.75, 3.05) is 12.4 Å². The van der Waals surface area contributed by atoms with Crippen LogP contribution in [-0.2, 0) is 9.53 Å². The Morgan fingerprint density at radius 3 is 2.24 bits per heavy atom. The number of anilines is 1. The lowest BCUT2D eigenvalue weighted by molar-refractivity contribution is -0.141. The van der Waals surface area contributed by atoms with E-state index in [1.807, 2.05) is 0 Å². The number of rotatable bonds is 4. The predicted octanol–water partition coefficient (Wildman–Crippen LogP) is 4.46. The Balaban J connectivity index is 2.39. The van der Waals surface area contributed by atoms with Crippen LogP contribution >= 0.6 is 23.2 Å². The molecule has 0 heterocycles. The van der Waals surface area contributed by atoms with Crippen LogP contribution in [0, 0.1) is 5.82 Å². The van der Waals surface area contributed by atoms with E-state index >= 15 is 0 Å². The summed E-state index contributed by atoms with van der Waals surface area (Å²) in [6, 6.07) is 9.64. The van der Waals surface area contributed by atoms with Gasteiger partial charge in [0.15, 0.2) is 6.04 Å². The van der Waals surface area contributed by atoms with Crippen molar-refractivity contribution in [3.63, 3.8) is 0 Å². The fourth-order valence-corrected chi connectivity index (χ4v) is 2.48. The highest BCUT2D eigenvalue weighted by Gasteiger charge is 2.26. The highest BCUT2D eigenvalue weighted by molar-refractivity contribution is 6.36. The maximum Gasteiger partial charge on any atom is 0.333 e. The maximum absolute atomic E-state index is 12.9. The summed E-state index contributed by atoms with van der Waals surface area (Å²) in [4.78, 5) is 12.0. The Morgan fingerprint density at radius 1 is 1.14 bits per heavy atom. The molecule has 0 radical (unpaired) electrons. The van der Waals surface area contributed by atoms with Gasteiger partial charge >= 0.3 is 5.97 Å². The molecule has 0 bridgehead atoms. The van der Waals surface area contributed by atoms with Crippen LogP contribution in [-0.4, -0.2) is 13.1 Å². The Labute approximate surface area is 131 Å². The molecule has 21 heavy (non-hydrogen) atoms. The summed E-state index contributed by atoms with van der Waals surface area (Å²) in [5, 5.41) is 3.63. The van der Waals surface area contributed by atoms with Crippen molar-refractivity contribution in [2.45, 2.75) is 6.04 Å². The van der Waals surface area contributed by atoms with Crippen molar-refractivity contribution < 1.29 is 13.9 Å². The standard InChI is InChI=1S/C15H12Cl2FNO2/c1-21-15(20)14(13-11(16)3-2-4-12(13)17)19-10-7-5-9(18)6-8-10/h2-8,14,19H,1H3. The monoisotopic (exact) mass is 327 g/mol. The second-order valence-corrected chi connectivity index (χ2v) is 5.06. The van der Waals surface area contributed by atoms with Crippen molar-refractivity contribution in [3.05, 3.63) is 63.9 Å². The van der Waals surface area contributed by atoms with Crippen LogP contribution in [0.25, 0.3) is 0 Å². The molecule has 6 heteroatoms. The summed E-state index contributed by atoms with van der Waals surface area (Å²) < 4.78 is 17.7. The van der Waals surface area contributed by atoms with Gasteiger partial charge in [-0.2, -0.15) is 0 Å². The largest absolute Gasteiger partial charge is 0.467 e. The molecule has 1 unspecified atom stereocenters. The molecule has 0 aliphatic rings. The summed E-state index contributed by atoms with van der Waals surface area (Å²) in [5.41, 5.74) is 0.958. The van der Waals surface area contributed by atoms with E-state index in [0.29, 0.717) is 21.3 Å². The zero-order valence-corrected chi connectivity index (χ0v) is 12.6. The number of carbonyl (C=O) groups excluding carboxylic acids is 1. The summed E-state index contributed by atoms with van der Waals surface area (Å²) in [7, 11) is 1.27. The van der Waals surface area contributed by atoms with Gasteiger partial charge in [0.2, 0.25) is 0 Å². The van der Waals surface area contributed by atoms with Gasteiger partial charge in [0.25, 0.3) is 0 Å². The van der Waals surface area contributed by atoms with E-state index in [2.05, 4.69) is 5.32 Å². The molecule has 0 spiro atoms. The molecule has 0 aromatic heterocycles. The number of halogens is 3. The minimum Gasteiger partial charge on any atom is -0.467 e. The van der Waals surface area contributed by atoms with Crippen LogP contribution in [0.4, 0.5) is 10.1 Å². The average molecular weight is 328 g/mol. The lowest BCUT2D eigenvalue weighted by atomic mass is 10.1. The molecule has 110 valence electrons. The molecular weight excluding hydrogens is 316 g/mol. The fraction of sp³-hybridized carbons (Fsp3) is 0.133. The number of methoxy groups -OCH3 is 1. The van der Waals surface area contributed by atoms with Crippen LogP contribution in [0.2, 0.25) is 10.0 Å². The summed E-state index contributed by atoms with van der Waals surface area (Å²) in [6.45, 7) is 0. The van der Waals surface area contributed by atoms with Crippen molar-refractivity contribution in [3.8, 4) is 0 Å². The van der Waals surface area contributed by atoms with Gasteiger partial charge in [0.05, 0.1) is 7.11 Å². The normalized spacial score (nSPS) is 11.8. The molecule has 0 aliphatic carbocycles. The highest BCUT2D eigenvalue weighted by atomic mass is 35.5. The maximum atomic E-state index is 12.9. The Morgan fingerprint density at radius 2 is 1.71 bits per heavy atom. The summed E-state index contributed by atoms with van der Waals surface area (Å²) >= 11 is 12.2. The smallest absolute Gasteiger partial charge is 0.333 e. The Kier molecular flexibility index (Phi) is 5.04. The van der Waals surface area contributed by atoms with Crippen molar-refractivity contribution in [1.29, 1.82) is 0 Å². The number of benzene rings is 2. The van der Waals surface area contributed by atoms with Crippen LogP contribution in [0.15, 0.2) is 42.5 Å². The van der Waals surface area contributed by atoms with Gasteiger partial charge in [-0.15, -0.1) is 0 Å². The highest BCUT2D eigenvalue weighted by Crippen LogP contribution is 2.33. The van der Waals surface area contributed by atoms with E-state index in [1.54, 1.807) is 18.2 Å². The van der Waals surface area contributed by atoms with Gasteiger partial charge in [-0.1, -0.05) is 29.3 Å². The molecular formula is C15H12Cl2FNO2. The summed E-state index contributed by atoms with van der Waals surface area (Å²) in [6.07, 6.45) is 0. The van der Waals surface area contributed by atoms with E-state index in [0.717, 1.165) is 0 Å². The van der Waals surface area contributed by atoms with Crippen LogP contribution < -0.4 is 5.32 Å². The van der Waals surface area contributed by atoms with Gasteiger partial charge < -0.3 is 10.1 Å². The number of nitrogens with one attached hydrogen (secondary N) is 1. The van der Waals surface area contributed by atoms with E-state index < -0.39 is 12.0 Å². The zero-order valence-electron chi connectivity index (χ0n) is 11.1. The molecule has 1 N–H and O–H groups in total. The molecule has 0 amide bonds. The first kappa shape index (κ1) is 15.6. The minimum absolute atomic E-state index is 0.340. The predicted molar refractivity (Wildman–Crippen MR) is 81.2 cm³/mol. The zero-order chi connectivity index (χ0) is 15.4. The van der Waals surface area contributed by atoms with E-state index in [9.17, 15) is 9.18 Å². The topological polar surface area (TPSA) is 38.3 Å². The van der Waals surface area contributed by atoms with Gasteiger partial charge in [-0.25, -0.2) is 9.18 Å². The van der Waals surface area contributed by atoms with Crippen LogP contribution in [0.5, 0.6) is 0 Å². The quantitative estimate of drug-likeness (QED) is 0.842. The molecule has 0 saturated carbocycles. The molecule has 0 saturated heterocycles. The molecule has 2 rings (SSSR count). The first-order valence-electron chi connectivity index (χ1n) is 6.06. The van der Waals surface area contributed by atoms with Gasteiger partial charge in [-0.3, -0.25) is 0 Å². The van der Waals surface area contributed by atoms with Crippen LogP contribution in [0.3, 0.4) is 0 Å². The second-order valence-electron chi connectivity index (χ2n) is 4.24. The molecule has 0 fully saturated rings. The average Bonchev–Trinajstić information content (AvgIpc) is 2.47. The van der Waals surface area contributed by atoms with Crippen molar-refractivity contribution in [1.82, 2.24) is 0 Å². The second kappa shape index (κ2) is 6.78. The molecule has 2 aromatic rings. The lowest BCUT2D eigenvalue weighted by Gasteiger charge is -2.20. The molecule has 2 aromatic carbocycles. The third kappa shape index (κ3) is 3.65. The first-order valence-corrected chi connectivity index (χ1v) is 6.82. The minimum atomic E-state index is -0.887. The number of esters is 1. The van der Waals surface area contributed by atoms with E-state index in [4.69, 9.17) is 27.9 Å². The summed E-state index contributed by atoms with van der Waals surface area (Å²) in [5.74, 6) is -0.916. The lowest BCUT2D eigenvalue weighted by Crippen LogP contribution is -2.23. The van der Waals surface area contributed by atoms with Crippen molar-refractivity contribution in [2.24, 2.45) is 0 Å². The van der Waals surface area contributed by atoms with Crippen molar-refractivity contribution >= 4 is 34.9 Å². The van der Waals surface area contributed by atoms with Crippen LogP contribution in [0.1, 0.15) is 11.6 Å². The first-order chi connectivity index (χ1) is 10.0. The van der Waals surface area contributed by atoms with Gasteiger partial charge in [-0.05, 0) is 36.4 Å². The van der Waals surface area contributed by atoms with Gasteiger partial charge in [0.1, 0.15) is 5.82 Å². The Hall–Kier alpha value is -1.78. The van der Waals surface area contributed by atoms with Gasteiger partial charge in [0, 0.05) is 21.3 Å². The third-order valence-electron chi connectivity index (χ3n) is 2.88. The van der Waals surface area contributed by atoms with E-state index in [1.165, 1.54) is 31.4 Å².